The average molecular weight is 405 g/mol. The first-order chi connectivity index (χ1) is 14.6. The number of hydrogen-bond acceptors (Lipinski definition) is 3. The molecule has 2 aromatic carbocycles. The number of amides is 2. The standard InChI is InChI=1S/C24H28N4O2/c1-4-9-19-15-21-20(14-17(19)2)27-22(24(30)25-3)23(26-16-29)28(21)13-8-12-18-10-6-5-7-11-18/h5-7,10-11,14-16H,4,8-9,12-13H2,1-3H3,(H,25,30). The number of carbonyl (C=O) groups is 2. The van der Waals surface area contributed by atoms with Gasteiger partial charge in [0.25, 0.3) is 5.91 Å². The maximum absolute atomic E-state index is 12.5. The first-order valence-corrected chi connectivity index (χ1v) is 10.4. The van der Waals surface area contributed by atoms with Gasteiger partial charge in [0.15, 0.2) is 11.2 Å². The van der Waals surface area contributed by atoms with Crippen LogP contribution in [-0.4, -0.2) is 28.9 Å². The SMILES string of the molecule is CCCc1cc2c(cc1C)nc(C(=O)NC)c(=NC=O)n2CCCc1ccccc1. The molecule has 0 unspecified atom stereocenters. The predicted molar refractivity (Wildman–Crippen MR) is 118 cm³/mol. The molecule has 3 rings (SSSR count). The fourth-order valence-corrected chi connectivity index (χ4v) is 3.75. The molecule has 0 radical (unpaired) electrons. The predicted octanol–water partition coefficient (Wildman–Crippen LogP) is 3.35. The summed E-state index contributed by atoms with van der Waals surface area (Å²) in [4.78, 5) is 32.4. The van der Waals surface area contributed by atoms with Crippen LogP contribution < -0.4 is 10.8 Å². The third-order valence-corrected chi connectivity index (χ3v) is 5.25. The molecule has 6 heteroatoms. The number of fused-ring (bicyclic) bond motifs is 1. The Morgan fingerprint density at radius 2 is 1.97 bits per heavy atom. The molecule has 0 atom stereocenters. The Labute approximate surface area is 176 Å². The van der Waals surface area contributed by atoms with Gasteiger partial charge in [-0.25, -0.2) is 4.98 Å². The highest BCUT2D eigenvalue weighted by Gasteiger charge is 2.16. The van der Waals surface area contributed by atoms with Gasteiger partial charge in [-0.1, -0.05) is 43.7 Å². The molecule has 6 nitrogen and oxygen atoms in total. The average Bonchev–Trinajstić information content (AvgIpc) is 2.76. The maximum atomic E-state index is 12.5. The van der Waals surface area contributed by atoms with Crippen LogP contribution in [0, 0.1) is 6.92 Å². The van der Waals surface area contributed by atoms with Crippen molar-refractivity contribution in [1.82, 2.24) is 14.9 Å². The van der Waals surface area contributed by atoms with Gasteiger partial charge in [0.2, 0.25) is 6.41 Å². The second kappa shape index (κ2) is 9.96. The molecule has 30 heavy (non-hydrogen) atoms. The van der Waals surface area contributed by atoms with Crippen LogP contribution in [-0.2, 0) is 24.2 Å². The number of hydrogen-bond donors (Lipinski definition) is 1. The van der Waals surface area contributed by atoms with Gasteiger partial charge < -0.3 is 9.88 Å². The summed E-state index contributed by atoms with van der Waals surface area (Å²) in [5.74, 6) is -0.357. The second-order valence-electron chi connectivity index (χ2n) is 7.36. The minimum Gasteiger partial charge on any atom is -0.354 e. The van der Waals surface area contributed by atoms with Crippen molar-refractivity contribution in [1.29, 1.82) is 0 Å². The van der Waals surface area contributed by atoms with E-state index in [2.05, 4.69) is 47.3 Å². The van der Waals surface area contributed by atoms with Gasteiger partial charge >= 0.3 is 0 Å². The lowest BCUT2D eigenvalue weighted by molar-refractivity contribution is -0.107. The number of nitrogens with one attached hydrogen (secondary N) is 1. The number of aromatic nitrogens is 2. The molecule has 0 aliphatic heterocycles. The number of benzene rings is 2. The topological polar surface area (TPSA) is 76.3 Å². The lowest BCUT2D eigenvalue weighted by Crippen LogP contribution is -2.34. The molecular weight excluding hydrogens is 376 g/mol. The molecule has 0 saturated carbocycles. The first kappa shape index (κ1) is 21.4. The van der Waals surface area contributed by atoms with E-state index in [1.165, 1.54) is 11.1 Å². The van der Waals surface area contributed by atoms with Crippen LogP contribution in [0.5, 0.6) is 0 Å². The van der Waals surface area contributed by atoms with E-state index in [0.29, 0.717) is 18.4 Å². The van der Waals surface area contributed by atoms with Crippen LogP contribution in [0.4, 0.5) is 0 Å². The quantitative estimate of drug-likeness (QED) is 0.585. The van der Waals surface area contributed by atoms with Gasteiger partial charge in [-0.3, -0.25) is 9.59 Å². The maximum Gasteiger partial charge on any atom is 0.273 e. The summed E-state index contributed by atoms with van der Waals surface area (Å²) in [6, 6.07) is 14.4. The van der Waals surface area contributed by atoms with Crippen molar-refractivity contribution >= 4 is 23.4 Å². The Kier molecular flexibility index (Phi) is 7.12. The third kappa shape index (κ3) is 4.64. The van der Waals surface area contributed by atoms with Crippen LogP contribution in [0.15, 0.2) is 47.5 Å². The Bertz CT molecular complexity index is 1120. The van der Waals surface area contributed by atoms with Crippen LogP contribution in [0.25, 0.3) is 11.0 Å². The monoisotopic (exact) mass is 404 g/mol. The van der Waals surface area contributed by atoms with Crippen molar-refractivity contribution in [2.45, 2.75) is 46.1 Å². The fraction of sp³-hybridized carbons (Fsp3) is 0.333. The molecule has 1 heterocycles. The van der Waals surface area contributed by atoms with E-state index in [4.69, 9.17) is 0 Å². The molecular formula is C24H28N4O2. The van der Waals surface area contributed by atoms with Crippen molar-refractivity contribution in [2.75, 3.05) is 7.05 Å². The van der Waals surface area contributed by atoms with Crippen LogP contribution in [0.1, 0.15) is 46.9 Å². The highest BCUT2D eigenvalue weighted by Crippen LogP contribution is 2.20. The molecule has 0 spiro atoms. The van der Waals surface area contributed by atoms with E-state index >= 15 is 0 Å². The Morgan fingerprint density at radius 3 is 2.63 bits per heavy atom. The van der Waals surface area contributed by atoms with Crippen molar-refractivity contribution in [3.8, 4) is 0 Å². The smallest absolute Gasteiger partial charge is 0.273 e. The number of carbonyl (C=O) groups excluding carboxylic acids is 2. The third-order valence-electron chi connectivity index (χ3n) is 5.25. The van der Waals surface area contributed by atoms with Crippen LogP contribution >= 0.6 is 0 Å². The van der Waals surface area contributed by atoms with Crippen LogP contribution in [0.2, 0.25) is 0 Å². The van der Waals surface area contributed by atoms with Crippen molar-refractivity contribution < 1.29 is 9.59 Å². The lowest BCUT2D eigenvalue weighted by atomic mass is 10.0. The molecule has 156 valence electrons. The summed E-state index contributed by atoms with van der Waals surface area (Å²) in [5, 5.41) is 2.61. The second-order valence-corrected chi connectivity index (χ2v) is 7.36. The number of rotatable bonds is 8. The molecule has 2 amide bonds. The summed E-state index contributed by atoms with van der Waals surface area (Å²) in [6.07, 6.45) is 4.21. The molecule has 0 aliphatic carbocycles. The summed E-state index contributed by atoms with van der Waals surface area (Å²) < 4.78 is 1.96. The molecule has 1 aromatic heterocycles. The van der Waals surface area contributed by atoms with Gasteiger partial charge in [0, 0.05) is 13.6 Å². The lowest BCUT2D eigenvalue weighted by Gasteiger charge is -2.16. The minimum atomic E-state index is -0.357. The van der Waals surface area contributed by atoms with Gasteiger partial charge in [-0.15, -0.1) is 0 Å². The van der Waals surface area contributed by atoms with Crippen molar-refractivity contribution in [2.24, 2.45) is 4.99 Å². The Hall–Kier alpha value is -3.28. The van der Waals surface area contributed by atoms with E-state index in [1.54, 1.807) is 7.05 Å². The zero-order chi connectivity index (χ0) is 21.5. The first-order valence-electron chi connectivity index (χ1n) is 10.4. The normalized spacial score (nSPS) is 11.6. The van der Waals surface area contributed by atoms with Gasteiger partial charge in [-0.05, 0) is 55.0 Å². The molecule has 3 aromatic rings. The number of aryl methyl sites for hydroxylation is 4. The van der Waals surface area contributed by atoms with Gasteiger partial charge in [0.1, 0.15) is 0 Å². The molecule has 0 fully saturated rings. The highest BCUT2D eigenvalue weighted by molar-refractivity contribution is 5.93. The largest absolute Gasteiger partial charge is 0.354 e. The van der Waals surface area contributed by atoms with E-state index in [1.807, 2.05) is 28.8 Å². The Morgan fingerprint density at radius 1 is 1.20 bits per heavy atom. The fourth-order valence-electron chi connectivity index (χ4n) is 3.75. The van der Waals surface area contributed by atoms with Crippen LogP contribution in [0.3, 0.4) is 0 Å². The van der Waals surface area contributed by atoms with E-state index in [-0.39, 0.29) is 11.6 Å². The van der Waals surface area contributed by atoms with E-state index in [0.717, 1.165) is 42.3 Å². The van der Waals surface area contributed by atoms with Gasteiger partial charge in [-0.2, -0.15) is 4.99 Å². The highest BCUT2D eigenvalue weighted by atomic mass is 16.2. The summed E-state index contributed by atoms with van der Waals surface area (Å²) in [5.41, 5.74) is 5.74. The molecule has 0 aliphatic rings. The zero-order valence-corrected chi connectivity index (χ0v) is 17.8. The Balaban J connectivity index is 2.16. The molecule has 0 saturated heterocycles. The van der Waals surface area contributed by atoms with E-state index in [9.17, 15) is 9.59 Å². The van der Waals surface area contributed by atoms with Crippen molar-refractivity contribution in [3.63, 3.8) is 0 Å². The zero-order valence-electron chi connectivity index (χ0n) is 17.8. The van der Waals surface area contributed by atoms with E-state index < -0.39 is 0 Å². The summed E-state index contributed by atoms with van der Waals surface area (Å²) in [6.45, 7) is 4.84. The molecule has 0 bridgehead atoms. The van der Waals surface area contributed by atoms with Gasteiger partial charge in [0.05, 0.1) is 11.0 Å². The van der Waals surface area contributed by atoms with Crippen molar-refractivity contribution in [3.05, 3.63) is 70.3 Å². The summed E-state index contributed by atoms with van der Waals surface area (Å²) in [7, 11) is 1.55. The molecule has 1 N–H and O–H groups in total. The number of nitrogens with zero attached hydrogens (tertiary/aromatic N) is 3. The minimum absolute atomic E-state index is 0.166. The summed E-state index contributed by atoms with van der Waals surface area (Å²) >= 11 is 0.